The van der Waals surface area contributed by atoms with E-state index in [1.807, 2.05) is 10.9 Å². The molecule has 0 saturated carbocycles. The standard InChI is InChI=1S/C17H26N4/c1-5-8-18-11-14-9-13(4)17(19-12-14)21-16(7-3)10-15(6-2)20-21/h9-10,12,18H,5-8,11H2,1-4H3. The van der Waals surface area contributed by atoms with Crippen molar-refractivity contribution in [2.75, 3.05) is 6.54 Å². The lowest BCUT2D eigenvalue weighted by atomic mass is 10.2. The highest BCUT2D eigenvalue weighted by Gasteiger charge is 2.11. The van der Waals surface area contributed by atoms with Crippen LogP contribution in [0.25, 0.3) is 5.82 Å². The maximum absolute atomic E-state index is 4.67. The molecular formula is C17H26N4. The van der Waals surface area contributed by atoms with Crippen LogP contribution < -0.4 is 5.32 Å². The Bertz CT molecular complexity index is 586. The minimum absolute atomic E-state index is 0.877. The van der Waals surface area contributed by atoms with Gasteiger partial charge in [0.2, 0.25) is 0 Å². The van der Waals surface area contributed by atoms with Gasteiger partial charge in [-0.15, -0.1) is 0 Å². The lowest BCUT2D eigenvalue weighted by Crippen LogP contribution is -2.15. The van der Waals surface area contributed by atoms with Crippen LogP contribution in [0.3, 0.4) is 0 Å². The van der Waals surface area contributed by atoms with Crippen molar-refractivity contribution in [3.63, 3.8) is 0 Å². The summed E-state index contributed by atoms with van der Waals surface area (Å²) < 4.78 is 2.00. The number of nitrogens with zero attached hydrogens (tertiary/aromatic N) is 3. The van der Waals surface area contributed by atoms with Crippen LogP contribution in [0.1, 0.15) is 49.7 Å². The Labute approximate surface area is 127 Å². The second-order valence-corrected chi connectivity index (χ2v) is 5.41. The van der Waals surface area contributed by atoms with E-state index in [0.29, 0.717) is 0 Å². The maximum atomic E-state index is 4.67. The number of pyridine rings is 1. The minimum atomic E-state index is 0.877. The molecule has 0 aliphatic rings. The van der Waals surface area contributed by atoms with Crippen molar-refractivity contribution in [3.05, 3.63) is 40.8 Å². The van der Waals surface area contributed by atoms with E-state index in [-0.39, 0.29) is 0 Å². The molecule has 0 bridgehead atoms. The highest BCUT2D eigenvalue weighted by atomic mass is 15.3. The van der Waals surface area contributed by atoms with Gasteiger partial charge in [-0.25, -0.2) is 9.67 Å². The molecule has 0 radical (unpaired) electrons. The topological polar surface area (TPSA) is 42.7 Å². The summed E-state index contributed by atoms with van der Waals surface area (Å²) >= 11 is 0. The summed E-state index contributed by atoms with van der Waals surface area (Å²) in [6, 6.07) is 4.38. The molecule has 21 heavy (non-hydrogen) atoms. The van der Waals surface area contributed by atoms with E-state index in [4.69, 9.17) is 0 Å². The molecule has 2 rings (SSSR count). The van der Waals surface area contributed by atoms with Gasteiger partial charge in [-0.3, -0.25) is 0 Å². The van der Waals surface area contributed by atoms with Gasteiger partial charge in [0.05, 0.1) is 5.69 Å². The fourth-order valence-electron chi connectivity index (χ4n) is 2.44. The van der Waals surface area contributed by atoms with Gasteiger partial charge in [-0.1, -0.05) is 20.8 Å². The highest BCUT2D eigenvalue weighted by Crippen LogP contribution is 2.16. The molecule has 2 aromatic rings. The van der Waals surface area contributed by atoms with Crippen LogP contribution in [0.4, 0.5) is 0 Å². The molecule has 4 nitrogen and oxygen atoms in total. The summed E-state index contributed by atoms with van der Waals surface area (Å²) in [5.74, 6) is 0.950. The molecule has 114 valence electrons. The molecule has 2 heterocycles. The minimum Gasteiger partial charge on any atom is -0.313 e. The van der Waals surface area contributed by atoms with Crippen molar-refractivity contribution in [2.24, 2.45) is 0 Å². The van der Waals surface area contributed by atoms with Crippen LogP contribution in [-0.4, -0.2) is 21.3 Å². The Balaban J connectivity index is 2.26. The summed E-state index contributed by atoms with van der Waals surface area (Å²) in [6.07, 6.45) is 5.03. The summed E-state index contributed by atoms with van der Waals surface area (Å²) in [5, 5.41) is 8.09. The molecule has 0 saturated heterocycles. The van der Waals surface area contributed by atoms with Crippen LogP contribution in [0.15, 0.2) is 18.3 Å². The average Bonchev–Trinajstić information content (AvgIpc) is 2.91. The lowest BCUT2D eigenvalue weighted by Gasteiger charge is -2.10. The van der Waals surface area contributed by atoms with E-state index >= 15 is 0 Å². The monoisotopic (exact) mass is 286 g/mol. The molecule has 1 N–H and O–H groups in total. The zero-order valence-corrected chi connectivity index (χ0v) is 13.6. The van der Waals surface area contributed by atoms with Crippen LogP contribution in [0, 0.1) is 6.92 Å². The largest absolute Gasteiger partial charge is 0.313 e. The Morgan fingerprint density at radius 3 is 2.57 bits per heavy atom. The molecule has 0 fully saturated rings. The van der Waals surface area contributed by atoms with Gasteiger partial charge in [0.25, 0.3) is 0 Å². The first-order chi connectivity index (χ1) is 10.2. The molecule has 0 amide bonds. The predicted octanol–water partition coefficient (Wildman–Crippen LogP) is 3.20. The zero-order valence-electron chi connectivity index (χ0n) is 13.6. The number of aryl methyl sites for hydroxylation is 3. The Hall–Kier alpha value is -1.68. The van der Waals surface area contributed by atoms with Crippen molar-refractivity contribution < 1.29 is 0 Å². The first-order valence-electron chi connectivity index (χ1n) is 7.94. The molecule has 0 aliphatic heterocycles. The predicted molar refractivity (Wildman–Crippen MR) is 86.8 cm³/mol. The summed E-state index contributed by atoms with van der Waals surface area (Å²) in [5.41, 5.74) is 4.75. The second-order valence-electron chi connectivity index (χ2n) is 5.41. The third kappa shape index (κ3) is 3.70. The lowest BCUT2D eigenvalue weighted by molar-refractivity contribution is 0.672. The van der Waals surface area contributed by atoms with Gasteiger partial charge < -0.3 is 5.32 Å². The quantitative estimate of drug-likeness (QED) is 0.795. The fourth-order valence-corrected chi connectivity index (χ4v) is 2.44. The third-order valence-corrected chi connectivity index (χ3v) is 3.62. The number of aromatic nitrogens is 3. The Morgan fingerprint density at radius 1 is 1.14 bits per heavy atom. The van der Waals surface area contributed by atoms with Crippen molar-refractivity contribution >= 4 is 0 Å². The van der Waals surface area contributed by atoms with E-state index in [1.54, 1.807) is 0 Å². The van der Waals surface area contributed by atoms with Gasteiger partial charge in [-0.2, -0.15) is 5.10 Å². The number of nitrogens with one attached hydrogen (secondary N) is 1. The number of hydrogen-bond donors (Lipinski definition) is 1. The first kappa shape index (κ1) is 15.7. The maximum Gasteiger partial charge on any atom is 0.156 e. The molecular weight excluding hydrogens is 260 g/mol. The van der Waals surface area contributed by atoms with Gasteiger partial charge in [0.15, 0.2) is 5.82 Å². The van der Waals surface area contributed by atoms with Crippen LogP contribution in [0.2, 0.25) is 0 Å². The van der Waals surface area contributed by atoms with Crippen LogP contribution >= 0.6 is 0 Å². The van der Waals surface area contributed by atoms with E-state index in [2.05, 4.69) is 55.2 Å². The van der Waals surface area contributed by atoms with Crippen molar-refractivity contribution in [1.29, 1.82) is 0 Å². The summed E-state index contributed by atoms with van der Waals surface area (Å²) in [6.45, 7) is 10.5. The molecule has 0 spiro atoms. The van der Waals surface area contributed by atoms with E-state index in [1.165, 1.54) is 16.8 Å². The van der Waals surface area contributed by atoms with Crippen molar-refractivity contribution in [1.82, 2.24) is 20.1 Å². The second kappa shape index (κ2) is 7.36. The van der Waals surface area contributed by atoms with Crippen molar-refractivity contribution in [3.8, 4) is 5.82 Å². The van der Waals surface area contributed by atoms with E-state index in [0.717, 1.165) is 43.9 Å². The highest BCUT2D eigenvalue weighted by molar-refractivity contribution is 5.36. The molecule has 0 aromatic carbocycles. The molecule has 0 atom stereocenters. The average molecular weight is 286 g/mol. The van der Waals surface area contributed by atoms with Crippen LogP contribution in [0.5, 0.6) is 0 Å². The molecule has 2 aromatic heterocycles. The van der Waals surface area contributed by atoms with E-state index in [9.17, 15) is 0 Å². The summed E-state index contributed by atoms with van der Waals surface area (Å²) in [7, 11) is 0. The number of rotatable bonds is 7. The van der Waals surface area contributed by atoms with Crippen molar-refractivity contribution in [2.45, 2.75) is 53.5 Å². The Morgan fingerprint density at radius 2 is 1.95 bits per heavy atom. The van der Waals surface area contributed by atoms with Gasteiger partial charge >= 0.3 is 0 Å². The number of hydrogen-bond acceptors (Lipinski definition) is 3. The normalized spacial score (nSPS) is 11.0. The summed E-state index contributed by atoms with van der Waals surface area (Å²) in [4.78, 5) is 4.64. The zero-order chi connectivity index (χ0) is 15.2. The first-order valence-corrected chi connectivity index (χ1v) is 7.94. The van der Waals surface area contributed by atoms with E-state index < -0.39 is 0 Å². The molecule has 0 unspecified atom stereocenters. The Kier molecular flexibility index (Phi) is 5.51. The fraction of sp³-hybridized carbons (Fsp3) is 0.529. The molecule has 4 heteroatoms. The van der Waals surface area contributed by atoms with Gasteiger partial charge in [0, 0.05) is 18.4 Å². The van der Waals surface area contributed by atoms with Crippen LogP contribution in [-0.2, 0) is 19.4 Å². The van der Waals surface area contributed by atoms with Gasteiger partial charge in [0.1, 0.15) is 0 Å². The SMILES string of the molecule is CCCNCc1cnc(-n2nc(CC)cc2CC)c(C)c1. The third-order valence-electron chi connectivity index (χ3n) is 3.62. The molecule has 0 aliphatic carbocycles. The van der Waals surface area contributed by atoms with Gasteiger partial charge in [-0.05, 0) is 56.0 Å². The smallest absolute Gasteiger partial charge is 0.156 e.